The predicted octanol–water partition coefficient (Wildman–Crippen LogP) is 4.47. The number of hydrogen-bond donors (Lipinski definition) is 0. The van der Waals surface area contributed by atoms with Gasteiger partial charge < -0.3 is 18.9 Å². The van der Waals surface area contributed by atoms with Crippen LogP contribution in [0.15, 0.2) is 7.57 Å². The first-order chi connectivity index (χ1) is 10.2. The first-order valence-corrected chi connectivity index (χ1v) is 9.59. The average molecular weight is 454 g/mol. The molecule has 0 saturated heterocycles. The van der Waals surface area contributed by atoms with Crippen molar-refractivity contribution in [3.63, 3.8) is 0 Å². The quantitative estimate of drug-likeness (QED) is 0.672. The molecule has 4 heterocycles. The number of rotatable bonds is 2. The van der Waals surface area contributed by atoms with Crippen LogP contribution in [-0.2, 0) is 6.42 Å². The van der Waals surface area contributed by atoms with Crippen molar-refractivity contribution in [1.29, 1.82) is 0 Å². The minimum absolute atomic E-state index is 0.592. The predicted molar refractivity (Wildman–Crippen MR) is 88.8 cm³/mol. The van der Waals surface area contributed by atoms with Crippen LogP contribution in [0.2, 0.25) is 0 Å². The fourth-order valence-electron chi connectivity index (χ4n) is 2.32. The van der Waals surface area contributed by atoms with Gasteiger partial charge in [-0.05, 0) is 31.9 Å². The molecule has 0 bridgehead atoms. The Labute approximate surface area is 146 Å². The molecule has 2 aromatic heterocycles. The maximum Gasteiger partial charge on any atom is 0.186 e. The molecule has 2 aromatic rings. The molecular formula is C13H10Br2O4S2. The van der Waals surface area contributed by atoms with Crippen molar-refractivity contribution >= 4 is 54.5 Å². The van der Waals surface area contributed by atoms with Crippen molar-refractivity contribution in [2.45, 2.75) is 6.42 Å². The van der Waals surface area contributed by atoms with E-state index in [1.165, 1.54) is 0 Å². The first-order valence-electron chi connectivity index (χ1n) is 6.37. The number of ether oxygens (including phenoxy) is 4. The molecule has 8 heteroatoms. The van der Waals surface area contributed by atoms with Gasteiger partial charge in [-0.2, -0.15) is 0 Å². The lowest BCUT2D eigenvalue weighted by atomic mass is 10.2. The molecule has 0 amide bonds. The maximum atomic E-state index is 5.77. The smallest absolute Gasteiger partial charge is 0.186 e. The average Bonchev–Trinajstić information content (AvgIpc) is 3.00. The van der Waals surface area contributed by atoms with E-state index in [2.05, 4.69) is 31.9 Å². The highest BCUT2D eigenvalue weighted by atomic mass is 79.9. The molecule has 112 valence electrons. The Hall–Kier alpha value is -0.440. The molecule has 0 atom stereocenters. The van der Waals surface area contributed by atoms with E-state index in [4.69, 9.17) is 18.9 Å². The van der Waals surface area contributed by atoms with Gasteiger partial charge in [0.1, 0.15) is 34.0 Å². The standard InChI is InChI=1S/C13H10Br2O4S2/c14-12-10-8(16-1-3-18-10)6(20-12)5-7-9-11(13(15)21-7)19-4-2-17-9/h1-5H2. The summed E-state index contributed by atoms with van der Waals surface area (Å²) in [4.78, 5) is 2.28. The van der Waals surface area contributed by atoms with Crippen LogP contribution in [0.25, 0.3) is 0 Å². The SMILES string of the molecule is Brc1sc(Cc2sc(Br)c3c2OCCO3)c2c1OCCO2. The largest absolute Gasteiger partial charge is 0.485 e. The molecule has 4 rings (SSSR count). The molecule has 0 aliphatic carbocycles. The third kappa shape index (κ3) is 2.46. The molecule has 0 spiro atoms. The topological polar surface area (TPSA) is 36.9 Å². The maximum absolute atomic E-state index is 5.77. The van der Waals surface area contributed by atoms with Gasteiger partial charge in [0.05, 0.1) is 9.75 Å². The van der Waals surface area contributed by atoms with E-state index in [0.29, 0.717) is 26.4 Å². The lowest BCUT2D eigenvalue weighted by Gasteiger charge is -2.17. The first kappa shape index (κ1) is 14.2. The molecule has 0 fully saturated rings. The van der Waals surface area contributed by atoms with Gasteiger partial charge in [0.25, 0.3) is 0 Å². The van der Waals surface area contributed by atoms with E-state index in [1.54, 1.807) is 22.7 Å². The summed E-state index contributed by atoms with van der Waals surface area (Å²) in [7, 11) is 0. The molecule has 2 aliphatic heterocycles. The van der Waals surface area contributed by atoms with E-state index in [-0.39, 0.29) is 0 Å². The van der Waals surface area contributed by atoms with Crippen molar-refractivity contribution in [3.8, 4) is 23.0 Å². The Bertz CT molecular complexity index is 637. The van der Waals surface area contributed by atoms with Crippen molar-refractivity contribution in [2.24, 2.45) is 0 Å². The van der Waals surface area contributed by atoms with Crippen molar-refractivity contribution in [3.05, 3.63) is 17.3 Å². The highest BCUT2D eigenvalue weighted by Crippen LogP contribution is 2.52. The lowest BCUT2D eigenvalue weighted by molar-refractivity contribution is 0.169. The second-order valence-electron chi connectivity index (χ2n) is 4.49. The van der Waals surface area contributed by atoms with Gasteiger partial charge in [-0.15, -0.1) is 22.7 Å². The number of hydrogen-bond acceptors (Lipinski definition) is 6. The molecule has 4 nitrogen and oxygen atoms in total. The monoisotopic (exact) mass is 452 g/mol. The minimum atomic E-state index is 0.592. The second-order valence-corrected chi connectivity index (χ2v) is 9.33. The summed E-state index contributed by atoms with van der Waals surface area (Å²) in [6, 6.07) is 0. The molecular weight excluding hydrogens is 444 g/mol. The fourth-order valence-corrected chi connectivity index (χ4v) is 6.02. The van der Waals surface area contributed by atoms with Gasteiger partial charge in [-0.1, -0.05) is 0 Å². The summed E-state index contributed by atoms with van der Waals surface area (Å²) in [5, 5.41) is 0. The third-order valence-corrected chi connectivity index (χ3v) is 6.75. The third-order valence-electron chi connectivity index (χ3n) is 3.17. The Morgan fingerprint density at radius 2 is 1.05 bits per heavy atom. The van der Waals surface area contributed by atoms with E-state index in [1.807, 2.05) is 0 Å². The van der Waals surface area contributed by atoms with Gasteiger partial charge in [0.15, 0.2) is 23.0 Å². The van der Waals surface area contributed by atoms with Crippen molar-refractivity contribution in [1.82, 2.24) is 0 Å². The number of fused-ring (bicyclic) bond motifs is 2. The van der Waals surface area contributed by atoms with Crippen LogP contribution in [0.5, 0.6) is 23.0 Å². The molecule has 21 heavy (non-hydrogen) atoms. The highest BCUT2D eigenvalue weighted by Gasteiger charge is 2.28. The van der Waals surface area contributed by atoms with E-state index in [9.17, 15) is 0 Å². The zero-order valence-corrected chi connectivity index (χ0v) is 15.5. The fraction of sp³-hybridized carbons (Fsp3) is 0.385. The van der Waals surface area contributed by atoms with Crippen LogP contribution >= 0.6 is 54.5 Å². The molecule has 2 aliphatic rings. The zero-order chi connectivity index (χ0) is 14.4. The summed E-state index contributed by atoms with van der Waals surface area (Å²) in [5.74, 6) is 3.35. The Morgan fingerprint density at radius 1 is 0.667 bits per heavy atom. The Morgan fingerprint density at radius 3 is 1.48 bits per heavy atom. The van der Waals surface area contributed by atoms with Crippen LogP contribution in [0, 0.1) is 0 Å². The summed E-state index contributed by atoms with van der Waals surface area (Å²) >= 11 is 10.4. The van der Waals surface area contributed by atoms with Gasteiger partial charge in [0.2, 0.25) is 0 Å². The lowest BCUT2D eigenvalue weighted by Crippen LogP contribution is -2.15. The van der Waals surface area contributed by atoms with Crippen molar-refractivity contribution in [2.75, 3.05) is 26.4 Å². The molecule has 0 unspecified atom stereocenters. The summed E-state index contributed by atoms with van der Waals surface area (Å²) in [5.41, 5.74) is 0. The number of halogens is 2. The van der Waals surface area contributed by atoms with Crippen LogP contribution in [0.3, 0.4) is 0 Å². The van der Waals surface area contributed by atoms with E-state index >= 15 is 0 Å². The van der Waals surface area contributed by atoms with Crippen LogP contribution in [0.4, 0.5) is 0 Å². The normalized spacial score (nSPS) is 16.1. The van der Waals surface area contributed by atoms with Crippen LogP contribution in [0.1, 0.15) is 9.75 Å². The zero-order valence-electron chi connectivity index (χ0n) is 10.7. The molecule has 0 radical (unpaired) electrons. The van der Waals surface area contributed by atoms with Crippen LogP contribution in [-0.4, -0.2) is 26.4 Å². The van der Waals surface area contributed by atoms with Crippen LogP contribution < -0.4 is 18.9 Å². The van der Waals surface area contributed by atoms with Crippen molar-refractivity contribution < 1.29 is 18.9 Å². The summed E-state index contributed by atoms with van der Waals surface area (Å²) in [6.45, 7) is 2.38. The second kappa shape index (κ2) is 5.64. The molecule has 0 aromatic carbocycles. The van der Waals surface area contributed by atoms with E-state index in [0.717, 1.165) is 46.7 Å². The number of thiophene rings is 2. The minimum Gasteiger partial charge on any atom is -0.485 e. The Kier molecular flexibility index (Phi) is 3.81. The van der Waals surface area contributed by atoms with Gasteiger partial charge in [0, 0.05) is 6.42 Å². The van der Waals surface area contributed by atoms with E-state index < -0.39 is 0 Å². The highest BCUT2D eigenvalue weighted by molar-refractivity contribution is 9.11. The van der Waals surface area contributed by atoms with Gasteiger partial charge in [-0.3, -0.25) is 0 Å². The molecule has 0 N–H and O–H groups in total. The summed E-state index contributed by atoms with van der Waals surface area (Å²) < 4.78 is 24.8. The Balaban J connectivity index is 1.71. The van der Waals surface area contributed by atoms with Gasteiger partial charge >= 0.3 is 0 Å². The van der Waals surface area contributed by atoms with Gasteiger partial charge in [-0.25, -0.2) is 0 Å². The molecule has 0 saturated carbocycles. The summed E-state index contributed by atoms with van der Waals surface area (Å²) in [6.07, 6.45) is 0.754.